The van der Waals surface area contributed by atoms with Crippen LogP contribution < -0.4 is 5.32 Å². The van der Waals surface area contributed by atoms with Crippen LogP contribution in [0.4, 0.5) is 0 Å². The third kappa shape index (κ3) is 2.72. The van der Waals surface area contributed by atoms with Gasteiger partial charge in [-0.25, -0.2) is 0 Å². The summed E-state index contributed by atoms with van der Waals surface area (Å²) in [6.07, 6.45) is 5.73. The molecular weight excluding hydrogens is 212 g/mol. The highest BCUT2D eigenvalue weighted by atomic mass is 16.3. The smallest absolute Gasteiger partial charge is 0.124 e. The first-order valence-corrected chi connectivity index (χ1v) is 6.63. The quantitative estimate of drug-likeness (QED) is 0.874. The molecule has 1 aromatic rings. The Hall–Kier alpha value is -0.800. The van der Waals surface area contributed by atoms with Gasteiger partial charge < -0.3 is 9.73 Å². The summed E-state index contributed by atoms with van der Waals surface area (Å²) in [6.45, 7) is 4.38. The Morgan fingerprint density at radius 2 is 2.29 bits per heavy atom. The van der Waals surface area contributed by atoms with Gasteiger partial charge in [0.15, 0.2) is 0 Å². The molecule has 3 heteroatoms. The second kappa shape index (κ2) is 5.69. The zero-order chi connectivity index (χ0) is 12.3. The topological polar surface area (TPSA) is 28.4 Å². The van der Waals surface area contributed by atoms with Crippen molar-refractivity contribution in [2.24, 2.45) is 5.92 Å². The van der Waals surface area contributed by atoms with Crippen molar-refractivity contribution in [3.63, 3.8) is 0 Å². The Bertz CT molecular complexity index is 348. The minimum atomic E-state index is 0.431. The first kappa shape index (κ1) is 12.7. The van der Waals surface area contributed by atoms with Gasteiger partial charge in [0.05, 0.1) is 12.3 Å². The van der Waals surface area contributed by atoms with E-state index in [2.05, 4.69) is 30.3 Å². The van der Waals surface area contributed by atoms with E-state index in [1.165, 1.54) is 31.4 Å². The molecular formula is C14H24N2O. The predicted octanol–water partition coefficient (Wildman–Crippen LogP) is 2.58. The average Bonchev–Trinajstić information content (AvgIpc) is 2.63. The monoisotopic (exact) mass is 236 g/mol. The van der Waals surface area contributed by atoms with E-state index in [1.807, 2.05) is 13.3 Å². The molecule has 1 aliphatic rings. The highest BCUT2D eigenvalue weighted by Gasteiger charge is 2.31. The van der Waals surface area contributed by atoms with Gasteiger partial charge in [0.25, 0.3) is 0 Å². The molecule has 0 aliphatic carbocycles. The Balaban J connectivity index is 2.26. The lowest BCUT2D eigenvalue weighted by Gasteiger charge is -2.31. The van der Waals surface area contributed by atoms with Crippen LogP contribution in [-0.2, 0) is 0 Å². The molecule has 0 radical (unpaired) electrons. The summed E-state index contributed by atoms with van der Waals surface area (Å²) in [5.74, 6) is 1.81. The van der Waals surface area contributed by atoms with E-state index in [9.17, 15) is 0 Å². The van der Waals surface area contributed by atoms with Gasteiger partial charge in [-0.15, -0.1) is 0 Å². The van der Waals surface area contributed by atoms with Crippen molar-refractivity contribution in [2.45, 2.75) is 32.2 Å². The summed E-state index contributed by atoms with van der Waals surface area (Å²) in [6, 6.07) is 2.50. The van der Waals surface area contributed by atoms with Crippen molar-refractivity contribution in [3.05, 3.63) is 23.7 Å². The number of aryl methyl sites for hydroxylation is 1. The maximum atomic E-state index is 5.74. The predicted molar refractivity (Wildman–Crippen MR) is 70.1 cm³/mol. The normalized spacial score (nSPS) is 27.0. The van der Waals surface area contributed by atoms with Crippen LogP contribution in [0.1, 0.15) is 36.6 Å². The SMILES string of the molecule is CNCC1CCCCN(C)C1c1occc1C. The molecule has 2 heterocycles. The number of hydrogen-bond donors (Lipinski definition) is 1. The van der Waals surface area contributed by atoms with Gasteiger partial charge in [0.1, 0.15) is 5.76 Å². The molecule has 17 heavy (non-hydrogen) atoms. The van der Waals surface area contributed by atoms with Crippen molar-refractivity contribution in [1.82, 2.24) is 10.2 Å². The van der Waals surface area contributed by atoms with Crippen LogP contribution in [0.5, 0.6) is 0 Å². The molecule has 0 amide bonds. The molecule has 0 spiro atoms. The van der Waals surface area contributed by atoms with Crippen LogP contribution in [0.2, 0.25) is 0 Å². The van der Waals surface area contributed by atoms with Gasteiger partial charge in [0, 0.05) is 0 Å². The van der Waals surface area contributed by atoms with Crippen LogP contribution in [0.3, 0.4) is 0 Å². The molecule has 96 valence electrons. The van der Waals surface area contributed by atoms with Gasteiger partial charge in [-0.05, 0) is 64.5 Å². The summed E-state index contributed by atoms with van der Waals surface area (Å²) < 4.78 is 5.74. The molecule has 2 unspecified atom stereocenters. The van der Waals surface area contributed by atoms with E-state index in [4.69, 9.17) is 4.42 Å². The average molecular weight is 236 g/mol. The minimum absolute atomic E-state index is 0.431. The van der Waals surface area contributed by atoms with E-state index in [0.29, 0.717) is 12.0 Å². The third-order valence-corrected chi connectivity index (χ3v) is 3.89. The molecule has 1 saturated heterocycles. The largest absolute Gasteiger partial charge is 0.467 e. The van der Waals surface area contributed by atoms with Gasteiger partial charge >= 0.3 is 0 Å². The highest BCUT2D eigenvalue weighted by Crippen LogP contribution is 2.35. The van der Waals surface area contributed by atoms with Gasteiger partial charge in [-0.3, -0.25) is 4.90 Å². The molecule has 2 atom stereocenters. The van der Waals surface area contributed by atoms with E-state index >= 15 is 0 Å². The number of nitrogens with zero attached hydrogens (tertiary/aromatic N) is 1. The van der Waals surface area contributed by atoms with Crippen molar-refractivity contribution in [1.29, 1.82) is 0 Å². The van der Waals surface area contributed by atoms with Crippen LogP contribution in [0.25, 0.3) is 0 Å². The lowest BCUT2D eigenvalue weighted by Crippen LogP contribution is -2.34. The maximum absolute atomic E-state index is 5.74. The van der Waals surface area contributed by atoms with Crippen LogP contribution in [-0.4, -0.2) is 32.1 Å². The lowest BCUT2D eigenvalue weighted by atomic mass is 9.91. The van der Waals surface area contributed by atoms with Crippen LogP contribution >= 0.6 is 0 Å². The first-order chi connectivity index (χ1) is 8.24. The van der Waals surface area contributed by atoms with Crippen molar-refractivity contribution in [2.75, 3.05) is 27.2 Å². The summed E-state index contributed by atoms with van der Waals surface area (Å²) in [5.41, 5.74) is 1.28. The van der Waals surface area contributed by atoms with Crippen LogP contribution in [0.15, 0.2) is 16.7 Å². The van der Waals surface area contributed by atoms with Gasteiger partial charge in [-0.1, -0.05) is 6.42 Å². The zero-order valence-electron chi connectivity index (χ0n) is 11.2. The summed E-state index contributed by atoms with van der Waals surface area (Å²) >= 11 is 0. The maximum Gasteiger partial charge on any atom is 0.124 e. The van der Waals surface area contributed by atoms with Crippen molar-refractivity contribution < 1.29 is 4.42 Å². The summed E-state index contributed by atoms with van der Waals surface area (Å²) in [7, 11) is 4.26. The van der Waals surface area contributed by atoms with E-state index in [-0.39, 0.29) is 0 Å². The fourth-order valence-electron chi connectivity index (χ4n) is 3.00. The molecule has 2 rings (SSSR count). The van der Waals surface area contributed by atoms with E-state index < -0.39 is 0 Å². The Morgan fingerprint density at radius 1 is 1.47 bits per heavy atom. The molecule has 1 N–H and O–H groups in total. The second-order valence-electron chi connectivity index (χ2n) is 5.21. The molecule has 1 aliphatic heterocycles. The molecule has 0 saturated carbocycles. The lowest BCUT2D eigenvalue weighted by molar-refractivity contribution is 0.164. The second-order valence-corrected chi connectivity index (χ2v) is 5.21. The fourth-order valence-corrected chi connectivity index (χ4v) is 3.00. The molecule has 0 aromatic carbocycles. The number of furan rings is 1. The Labute approximate surface area is 104 Å². The first-order valence-electron chi connectivity index (χ1n) is 6.63. The van der Waals surface area contributed by atoms with E-state index in [1.54, 1.807) is 0 Å². The van der Waals surface area contributed by atoms with Crippen molar-refractivity contribution in [3.8, 4) is 0 Å². The Kier molecular flexibility index (Phi) is 4.24. The Morgan fingerprint density at radius 3 is 2.94 bits per heavy atom. The molecule has 1 fully saturated rings. The standard InChI is InChI=1S/C14H24N2O/c1-11-7-9-17-14(11)13-12(10-15-2)6-4-5-8-16(13)3/h7,9,12-13,15H,4-6,8,10H2,1-3H3. The van der Waals surface area contributed by atoms with Crippen LogP contribution in [0, 0.1) is 12.8 Å². The summed E-state index contributed by atoms with van der Waals surface area (Å²) in [5, 5.41) is 3.33. The zero-order valence-corrected chi connectivity index (χ0v) is 11.2. The van der Waals surface area contributed by atoms with E-state index in [0.717, 1.165) is 12.3 Å². The highest BCUT2D eigenvalue weighted by molar-refractivity contribution is 5.19. The number of nitrogens with one attached hydrogen (secondary N) is 1. The molecule has 3 nitrogen and oxygen atoms in total. The molecule has 0 bridgehead atoms. The minimum Gasteiger partial charge on any atom is -0.467 e. The number of rotatable bonds is 3. The van der Waals surface area contributed by atoms with Gasteiger partial charge in [0.2, 0.25) is 0 Å². The fraction of sp³-hybridized carbons (Fsp3) is 0.714. The summed E-state index contributed by atoms with van der Waals surface area (Å²) in [4.78, 5) is 2.46. The van der Waals surface area contributed by atoms with Crippen molar-refractivity contribution >= 4 is 0 Å². The molecule has 1 aromatic heterocycles. The van der Waals surface area contributed by atoms with Gasteiger partial charge in [-0.2, -0.15) is 0 Å². The number of hydrogen-bond acceptors (Lipinski definition) is 3. The number of likely N-dealkylation sites (tertiary alicyclic amines) is 1. The third-order valence-electron chi connectivity index (χ3n) is 3.89.